The minimum absolute atomic E-state index is 0.535. The van der Waals surface area contributed by atoms with Crippen LogP contribution in [-0.2, 0) is 0 Å². The Morgan fingerprint density at radius 1 is 1.50 bits per heavy atom. The Balaban J connectivity index is 2.53. The van der Waals surface area contributed by atoms with Crippen molar-refractivity contribution in [1.29, 1.82) is 0 Å². The van der Waals surface area contributed by atoms with Crippen LogP contribution in [0.3, 0.4) is 0 Å². The molecule has 2 rings (SSSR count). The van der Waals surface area contributed by atoms with Gasteiger partial charge < -0.3 is 10.8 Å². The zero-order valence-electron chi connectivity index (χ0n) is 7.70. The SMILES string of the molecule is CC(O)C(N)c1nnc2cnccn12. The first-order chi connectivity index (χ1) is 6.70. The summed E-state index contributed by atoms with van der Waals surface area (Å²) in [7, 11) is 0. The van der Waals surface area contributed by atoms with Gasteiger partial charge in [-0.1, -0.05) is 0 Å². The van der Waals surface area contributed by atoms with Crippen molar-refractivity contribution in [2.75, 3.05) is 0 Å². The molecule has 2 unspecified atom stereocenters. The van der Waals surface area contributed by atoms with Gasteiger partial charge in [0, 0.05) is 12.4 Å². The molecule has 14 heavy (non-hydrogen) atoms. The van der Waals surface area contributed by atoms with Gasteiger partial charge in [0.25, 0.3) is 0 Å². The van der Waals surface area contributed by atoms with Crippen LogP contribution in [0, 0.1) is 0 Å². The average Bonchev–Trinajstić information content (AvgIpc) is 2.60. The van der Waals surface area contributed by atoms with Gasteiger partial charge in [-0.3, -0.25) is 9.38 Å². The Morgan fingerprint density at radius 3 is 3.00 bits per heavy atom. The highest BCUT2D eigenvalue weighted by molar-refractivity contribution is 5.34. The van der Waals surface area contributed by atoms with Crippen LogP contribution in [0.15, 0.2) is 18.6 Å². The Labute approximate surface area is 80.4 Å². The number of aromatic nitrogens is 4. The Bertz CT molecular complexity index is 438. The molecule has 0 saturated carbocycles. The number of aliphatic hydroxyl groups is 1. The number of aliphatic hydroxyl groups excluding tert-OH is 1. The molecule has 2 aromatic heterocycles. The van der Waals surface area contributed by atoms with Crippen molar-refractivity contribution < 1.29 is 5.11 Å². The summed E-state index contributed by atoms with van der Waals surface area (Å²) in [4.78, 5) is 3.90. The number of nitrogens with two attached hydrogens (primary N) is 1. The molecule has 0 fully saturated rings. The standard InChI is InChI=1S/C8H11N5O/c1-5(14)7(9)8-12-11-6-4-10-2-3-13(6)8/h2-5,7,14H,9H2,1H3. The second-order valence-corrected chi connectivity index (χ2v) is 3.13. The summed E-state index contributed by atoms with van der Waals surface area (Å²) in [5.74, 6) is 0.539. The van der Waals surface area contributed by atoms with Gasteiger partial charge in [-0.2, -0.15) is 0 Å². The fourth-order valence-electron chi connectivity index (χ4n) is 1.21. The molecule has 0 aromatic carbocycles. The van der Waals surface area contributed by atoms with E-state index < -0.39 is 12.1 Å². The molecular formula is C8H11N5O. The maximum absolute atomic E-state index is 9.33. The number of rotatable bonds is 2. The minimum atomic E-state index is -0.657. The molecule has 0 amide bonds. The highest BCUT2D eigenvalue weighted by Gasteiger charge is 2.18. The number of hydrogen-bond donors (Lipinski definition) is 2. The molecule has 0 saturated heterocycles. The van der Waals surface area contributed by atoms with Crippen LogP contribution >= 0.6 is 0 Å². The summed E-state index contributed by atoms with van der Waals surface area (Å²) >= 11 is 0. The van der Waals surface area contributed by atoms with E-state index in [1.165, 1.54) is 0 Å². The first kappa shape index (κ1) is 9.04. The van der Waals surface area contributed by atoms with Crippen molar-refractivity contribution in [3.05, 3.63) is 24.4 Å². The van der Waals surface area contributed by atoms with E-state index in [0.717, 1.165) is 0 Å². The molecule has 2 aromatic rings. The molecule has 0 spiro atoms. The van der Waals surface area contributed by atoms with Gasteiger partial charge >= 0.3 is 0 Å². The zero-order valence-corrected chi connectivity index (χ0v) is 7.70. The van der Waals surface area contributed by atoms with Gasteiger partial charge in [0.05, 0.1) is 18.3 Å². The summed E-state index contributed by atoms with van der Waals surface area (Å²) < 4.78 is 1.71. The molecule has 74 valence electrons. The quantitative estimate of drug-likeness (QED) is 0.671. The lowest BCUT2D eigenvalue weighted by atomic mass is 10.2. The lowest BCUT2D eigenvalue weighted by molar-refractivity contribution is 0.160. The van der Waals surface area contributed by atoms with Crippen LogP contribution in [0.5, 0.6) is 0 Å². The Morgan fingerprint density at radius 2 is 2.29 bits per heavy atom. The normalized spacial score (nSPS) is 15.6. The van der Waals surface area contributed by atoms with Crippen LogP contribution < -0.4 is 5.73 Å². The molecule has 0 radical (unpaired) electrons. The summed E-state index contributed by atoms with van der Waals surface area (Å²) in [6.07, 6.45) is 4.27. The van der Waals surface area contributed by atoms with E-state index in [2.05, 4.69) is 15.2 Å². The van der Waals surface area contributed by atoms with Gasteiger partial charge in [-0.05, 0) is 6.92 Å². The number of nitrogens with zero attached hydrogens (tertiary/aromatic N) is 4. The van der Waals surface area contributed by atoms with E-state index in [-0.39, 0.29) is 0 Å². The van der Waals surface area contributed by atoms with E-state index in [0.29, 0.717) is 11.5 Å². The average molecular weight is 193 g/mol. The minimum Gasteiger partial charge on any atom is -0.391 e. The highest BCUT2D eigenvalue weighted by atomic mass is 16.3. The van der Waals surface area contributed by atoms with Crippen molar-refractivity contribution in [3.8, 4) is 0 Å². The molecule has 3 N–H and O–H groups in total. The molecule has 6 heteroatoms. The van der Waals surface area contributed by atoms with Crippen molar-refractivity contribution in [2.45, 2.75) is 19.1 Å². The molecule has 2 heterocycles. The van der Waals surface area contributed by atoms with E-state index >= 15 is 0 Å². The van der Waals surface area contributed by atoms with Crippen LogP contribution in [-0.4, -0.2) is 30.8 Å². The smallest absolute Gasteiger partial charge is 0.179 e. The summed E-state index contributed by atoms with van der Waals surface area (Å²) in [5.41, 5.74) is 6.38. The van der Waals surface area contributed by atoms with Gasteiger partial charge in [0.1, 0.15) is 0 Å². The first-order valence-electron chi connectivity index (χ1n) is 4.28. The van der Waals surface area contributed by atoms with Gasteiger partial charge in [0.2, 0.25) is 0 Å². The monoisotopic (exact) mass is 193 g/mol. The maximum Gasteiger partial charge on any atom is 0.179 e. The van der Waals surface area contributed by atoms with Crippen molar-refractivity contribution in [1.82, 2.24) is 19.6 Å². The van der Waals surface area contributed by atoms with Crippen molar-refractivity contribution >= 4 is 5.65 Å². The van der Waals surface area contributed by atoms with Gasteiger partial charge in [-0.15, -0.1) is 10.2 Å². The zero-order chi connectivity index (χ0) is 10.1. The van der Waals surface area contributed by atoms with Crippen molar-refractivity contribution in [3.63, 3.8) is 0 Å². The first-order valence-corrected chi connectivity index (χ1v) is 4.28. The highest BCUT2D eigenvalue weighted by Crippen LogP contribution is 2.12. The summed E-state index contributed by atoms with van der Waals surface area (Å²) in [5, 5.41) is 17.1. The summed E-state index contributed by atoms with van der Waals surface area (Å²) in [6.45, 7) is 1.62. The second-order valence-electron chi connectivity index (χ2n) is 3.13. The molecular weight excluding hydrogens is 182 g/mol. The Hall–Kier alpha value is -1.53. The van der Waals surface area contributed by atoms with E-state index in [4.69, 9.17) is 5.73 Å². The molecule has 0 aliphatic rings. The lowest BCUT2D eigenvalue weighted by Gasteiger charge is -2.11. The molecule has 0 aliphatic heterocycles. The van der Waals surface area contributed by atoms with Gasteiger partial charge in [0.15, 0.2) is 11.5 Å². The van der Waals surface area contributed by atoms with Crippen LogP contribution in [0.2, 0.25) is 0 Å². The second kappa shape index (κ2) is 3.32. The van der Waals surface area contributed by atoms with Crippen LogP contribution in [0.4, 0.5) is 0 Å². The largest absolute Gasteiger partial charge is 0.391 e. The topological polar surface area (TPSA) is 89.3 Å². The molecule has 0 bridgehead atoms. The van der Waals surface area contributed by atoms with Crippen LogP contribution in [0.25, 0.3) is 5.65 Å². The third-order valence-corrected chi connectivity index (χ3v) is 2.06. The van der Waals surface area contributed by atoms with Crippen LogP contribution in [0.1, 0.15) is 18.8 Å². The molecule has 6 nitrogen and oxygen atoms in total. The van der Waals surface area contributed by atoms with E-state index in [1.54, 1.807) is 29.9 Å². The lowest BCUT2D eigenvalue weighted by Crippen LogP contribution is -2.25. The fourth-order valence-corrected chi connectivity index (χ4v) is 1.21. The number of hydrogen-bond acceptors (Lipinski definition) is 5. The van der Waals surface area contributed by atoms with Crippen molar-refractivity contribution in [2.24, 2.45) is 5.73 Å². The molecule has 2 atom stereocenters. The molecule has 0 aliphatic carbocycles. The van der Waals surface area contributed by atoms with E-state index in [9.17, 15) is 5.11 Å². The van der Waals surface area contributed by atoms with E-state index in [1.807, 2.05) is 0 Å². The van der Waals surface area contributed by atoms with Gasteiger partial charge in [-0.25, -0.2) is 0 Å². The fraction of sp³-hybridized carbons (Fsp3) is 0.375. The Kier molecular flexibility index (Phi) is 2.14. The summed E-state index contributed by atoms with van der Waals surface area (Å²) in [6, 6.07) is -0.535. The predicted molar refractivity (Wildman–Crippen MR) is 49.4 cm³/mol. The third-order valence-electron chi connectivity index (χ3n) is 2.06. The number of fused-ring (bicyclic) bond motifs is 1. The maximum atomic E-state index is 9.33. The third kappa shape index (κ3) is 1.34. The predicted octanol–water partition coefficient (Wildman–Crippen LogP) is -0.495.